The van der Waals surface area contributed by atoms with Crippen LogP contribution in [0.25, 0.3) is 0 Å². The molecule has 2 unspecified atom stereocenters. The molecule has 0 aromatic rings. The van der Waals surface area contributed by atoms with Gasteiger partial charge in [0.15, 0.2) is 0 Å². The molecular weight excluding hydrogens is 256 g/mol. The number of carbonyl (C=O) groups is 2. The first-order valence-electron chi connectivity index (χ1n) is 7.79. The predicted molar refractivity (Wildman–Crippen MR) is 76.5 cm³/mol. The fraction of sp³-hybridized carbons (Fsp3) is 0.867. The number of carboxylic acid groups (broad SMARTS) is 1. The number of amides is 2. The van der Waals surface area contributed by atoms with Gasteiger partial charge in [-0.3, -0.25) is 0 Å². The van der Waals surface area contributed by atoms with Crippen molar-refractivity contribution in [2.24, 2.45) is 11.8 Å². The lowest BCUT2D eigenvalue weighted by Crippen LogP contribution is -2.50. The zero-order valence-electron chi connectivity index (χ0n) is 12.5. The Balaban J connectivity index is 1.94. The molecule has 5 nitrogen and oxygen atoms in total. The quantitative estimate of drug-likeness (QED) is 0.832. The zero-order valence-corrected chi connectivity index (χ0v) is 12.5. The molecule has 2 fully saturated rings. The summed E-state index contributed by atoms with van der Waals surface area (Å²) in [5.74, 6) is -0.0632. The largest absolute Gasteiger partial charge is 0.480 e. The van der Waals surface area contributed by atoms with Crippen LogP contribution in [-0.4, -0.2) is 40.6 Å². The van der Waals surface area contributed by atoms with Crippen molar-refractivity contribution in [2.75, 3.05) is 6.54 Å². The second-order valence-corrected chi connectivity index (χ2v) is 6.56. The van der Waals surface area contributed by atoms with Crippen molar-refractivity contribution in [3.63, 3.8) is 0 Å². The number of nitrogens with zero attached hydrogens (tertiary/aromatic N) is 1. The molecule has 1 aliphatic carbocycles. The Hall–Kier alpha value is -1.26. The first-order chi connectivity index (χ1) is 9.49. The highest BCUT2D eigenvalue weighted by Crippen LogP contribution is 2.36. The van der Waals surface area contributed by atoms with Crippen LogP contribution in [-0.2, 0) is 4.79 Å². The Morgan fingerprint density at radius 3 is 2.60 bits per heavy atom. The van der Waals surface area contributed by atoms with E-state index in [2.05, 4.69) is 5.32 Å². The van der Waals surface area contributed by atoms with Gasteiger partial charge in [0.05, 0.1) is 0 Å². The van der Waals surface area contributed by atoms with Gasteiger partial charge in [-0.1, -0.05) is 26.7 Å². The molecular formula is C15H26N2O3. The van der Waals surface area contributed by atoms with Crippen molar-refractivity contribution >= 4 is 12.0 Å². The van der Waals surface area contributed by atoms with Gasteiger partial charge in [-0.25, -0.2) is 9.59 Å². The molecule has 1 heterocycles. The highest BCUT2D eigenvalue weighted by Gasteiger charge is 2.39. The van der Waals surface area contributed by atoms with Crippen LogP contribution in [0.5, 0.6) is 0 Å². The van der Waals surface area contributed by atoms with E-state index in [9.17, 15) is 14.7 Å². The topological polar surface area (TPSA) is 69.6 Å². The average molecular weight is 282 g/mol. The van der Waals surface area contributed by atoms with Crippen LogP contribution in [0, 0.1) is 11.8 Å². The number of hydrogen-bond donors (Lipinski definition) is 2. The highest BCUT2D eigenvalue weighted by molar-refractivity contribution is 5.82. The molecule has 114 valence electrons. The van der Waals surface area contributed by atoms with Crippen LogP contribution in [0.3, 0.4) is 0 Å². The molecule has 0 spiro atoms. The maximum atomic E-state index is 12.3. The number of urea groups is 1. The van der Waals surface area contributed by atoms with E-state index in [1.165, 1.54) is 19.3 Å². The van der Waals surface area contributed by atoms with Crippen molar-refractivity contribution < 1.29 is 14.7 Å². The molecule has 0 aromatic heterocycles. The van der Waals surface area contributed by atoms with Crippen LogP contribution < -0.4 is 5.32 Å². The number of carboxylic acids is 1. The first-order valence-corrected chi connectivity index (χ1v) is 7.79. The predicted octanol–water partition coefficient (Wildman–Crippen LogP) is 2.46. The number of aliphatic carboxylic acids is 1. The van der Waals surface area contributed by atoms with E-state index in [1.54, 1.807) is 0 Å². The van der Waals surface area contributed by atoms with Gasteiger partial charge in [0, 0.05) is 12.6 Å². The van der Waals surface area contributed by atoms with Crippen LogP contribution in [0.4, 0.5) is 4.79 Å². The Morgan fingerprint density at radius 1 is 1.25 bits per heavy atom. The maximum absolute atomic E-state index is 12.3. The smallest absolute Gasteiger partial charge is 0.326 e. The molecule has 1 saturated heterocycles. The summed E-state index contributed by atoms with van der Waals surface area (Å²) in [5, 5.41) is 11.9. The van der Waals surface area contributed by atoms with Crippen LogP contribution in [0.2, 0.25) is 0 Å². The van der Waals surface area contributed by atoms with Crippen molar-refractivity contribution in [2.45, 2.75) is 64.5 Å². The summed E-state index contributed by atoms with van der Waals surface area (Å²) in [6.07, 6.45) is 6.27. The maximum Gasteiger partial charge on any atom is 0.326 e. The third-order valence-corrected chi connectivity index (χ3v) is 4.57. The van der Waals surface area contributed by atoms with Gasteiger partial charge in [-0.05, 0) is 37.5 Å². The normalized spacial score (nSPS) is 27.2. The lowest BCUT2D eigenvalue weighted by Gasteiger charge is -2.32. The molecule has 2 rings (SSSR count). The lowest BCUT2D eigenvalue weighted by atomic mass is 9.85. The molecule has 3 atom stereocenters. The number of carbonyl (C=O) groups excluding carboxylic acids is 1. The van der Waals surface area contributed by atoms with Crippen molar-refractivity contribution in [3.05, 3.63) is 0 Å². The van der Waals surface area contributed by atoms with Gasteiger partial charge < -0.3 is 15.3 Å². The van der Waals surface area contributed by atoms with Gasteiger partial charge in [0.25, 0.3) is 0 Å². The van der Waals surface area contributed by atoms with E-state index in [-0.39, 0.29) is 11.9 Å². The van der Waals surface area contributed by atoms with E-state index in [1.807, 2.05) is 18.7 Å². The second-order valence-electron chi connectivity index (χ2n) is 6.56. The number of hydrogen-bond acceptors (Lipinski definition) is 2. The van der Waals surface area contributed by atoms with Gasteiger partial charge in [0.1, 0.15) is 6.04 Å². The summed E-state index contributed by atoms with van der Waals surface area (Å²) in [6, 6.07) is -0.630. The van der Waals surface area contributed by atoms with E-state index >= 15 is 0 Å². The minimum Gasteiger partial charge on any atom is -0.480 e. The number of likely N-dealkylation sites (tertiary alicyclic amines) is 1. The van der Waals surface area contributed by atoms with Crippen molar-refractivity contribution in [3.8, 4) is 0 Å². The van der Waals surface area contributed by atoms with Crippen molar-refractivity contribution in [1.82, 2.24) is 10.2 Å². The van der Waals surface area contributed by atoms with Crippen LogP contribution >= 0.6 is 0 Å². The average Bonchev–Trinajstić information content (AvgIpc) is 2.81. The van der Waals surface area contributed by atoms with Gasteiger partial charge in [-0.15, -0.1) is 0 Å². The number of rotatable bonds is 4. The number of nitrogens with one attached hydrogen (secondary N) is 1. The molecule has 2 N–H and O–H groups in total. The molecule has 0 aromatic carbocycles. The second kappa shape index (κ2) is 6.46. The monoisotopic (exact) mass is 282 g/mol. The minimum atomic E-state index is -0.938. The molecule has 1 saturated carbocycles. The summed E-state index contributed by atoms with van der Waals surface area (Å²) < 4.78 is 0. The van der Waals surface area contributed by atoms with E-state index < -0.39 is 12.0 Å². The molecule has 1 aliphatic heterocycles. The van der Waals surface area contributed by atoms with E-state index in [0.717, 1.165) is 19.4 Å². The number of fused-ring (bicyclic) bond motifs is 1. The third kappa shape index (κ3) is 3.44. The Kier molecular flexibility index (Phi) is 4.89. The summed E-state index contributed by atoms with van der Waals surface area (Å²) in [5.41, 5.74) is 0. The van der Waals surface area contributed by atoms with Crippen molar-refractivity contribution in [1.29, 1.82) is 0 Å². The Labute approximate surface area is 120 Å². The van der Waals surface area contributed by atoms with Gasteiger partial charge >= 0.3 is 12.0 Å². The van der Waals surface area contributed by atoms with Gasteiger partial charge in [-0.2, -0.15) is 0 Å². The fourth-order valence-electron chi connectivity index (χ4n) is 3.58. The summed E-state index contributed by atoms with van der Waals surface area (Å²) >= 11 is 0. The van der Waals surface area contributed by atoms with Crippen LogP contribution in [0.1, 0.15) is 52.4 Å². The molecule has 0 radical (unpaired) electrons. The Bertz CT molecular complexity index is 370. The fourth-order valence-corrected chi connectivity index (χ4v) is 3.58. The SMILES string of the molecule is CC(C)C[C@H](NC(=O)N1CCC2CCCCC21)C(=O)O. The zero-order chi connectivity index (χ0) is 14.7. The lowest BCUT2D eigenvalue weighted by molar-refractivity contribution is -0.139. The highest BCUT2D eigenvalue weighted by atomic mass is 16.4. The third-order valence-electron chi connectivity index (χ3n) is 4.57. The molecule has 5 heteroatoms. The molecule has 0 bridgehead atoms. The van der Waals surface area contributed by atoms with Crippen LogP contribution in [0.15, 0.2) is 0 Å². The summed E-state index contributed by atoms with van der Waals surface area (Å²) in [6.45, 7) is 4.71. The summed E-state index contributed by atoms with van der Waals surface area (Å²) in [4.78, 5) is 25.5. The minimum absolute atomic E-state index is 0.188. The standard InChI is InChI=1S/C15H26N2O3/c1-10(2)9-12(14(18)19)16-15(20)17-8-7-11-5-3-4-6-13(11)17/h10-13H,3-9H2,1-2H3,(H,16,20)(H,18,19)/t11?,12-,13?/m0/s1. The Morgan fingerprint density at radius 2 is 1.95 bits per heavy atom. The molecule has 2 aliphatic rings. The van der Waals surface area contributed by atoms with Gasteiger partial charge in [0.2, 0.25) is 0 Å². The van der Waals surface area contributed by atoms with E-state index in [4.69, 9.17) is 0 Å². The first kappa shape index (κ1) is 15.1. The van der Waals surface area contributed by atoms with E-state index in [0.29, 0.717) is 18.4 Å². The summed E-state index contributed by atoms with van der Waals surface area (Å²) in [7, 11) is 0. The molecule has 20 heavy (non-hydrogen) atoms. The molecule has 2 amide bonds.